The normalized spacial score (nSPS) is 11.1. The van der Waals surface area contributed by atoms with Crippen LogP contribution in [0, 0.1) is 6.92 Å². The molecule has 2 N–H and O–H groups in total. The molecule has 8 heteroatoms. The van der Waals surface area contributed by atoms with Gasteiger partial charge in [0.15, 0.2) is 11.5 Å². The molecule has 5 aromatic rings. The summed E-state index contributed by atoms with van der Waals surface area (Å²) in [5.74, 6) is -0.617. The summed E-state index contributed by atoms with van der Waals surface area (Å²) < 4.78 is 1.65. The first kappa shape index (κ1) is 17.7. The van der Waals surface area contributed by atoms with Gasteiger partial charge >= 0.3 is 0 Å². The highest BCUT2D eigenvalue weighted by molar-refractivity contribution is 6.48. The van der Waals surface area contributed by atoms with Crippen LogP contribution >= 0.6 is 0 Å². The Bertz CT molecular complexity index is 1430. The van der Waals surface area contributed by atoms with Gasteiger partial charge < -0.3 is 10.3 Å². The molecule has 0 aliphatic carbocycles. The number of nitrogens with zero attached hydrogens (tertiary/aromatic N) is 4. The van der Waals surface area contributed by atoms with E-state index in [0.29, 0.717) is 33.8 Å². The summed E-state index contributed by atoms with van der Waals surface area (Å²) in [6.45, 7) is 1.82. The minimum Gasteiger partial charge on any atom is -0.360 e. The van der Waals surface area contributed by atoms with Crippen molar-refractivity contribution in [3.63, 3.8) is 0 Å². The largest absolute Gasteiger partial charge is 0.360 e. The van der Waals surface area contributed by atoms with Crippen molar-refractivity contribution in [2.75, 3.05) is 5.32 Å². The van der Waals surface area contributed by atoms with E-state index in [1.165, 1.54) is 0 Å². The lowest BCUT2D eigenvalue weighted by atomic mass is 10.1. The van der Waals surface area contributed by atoms with Crippen LogP contribution in [0.1, 0.15) is 16.2 Å². The molecule has 3 aromatic heterocycles. The summed E-state index contributed by atoms with van der Waals surface area (Å²) in [5, 5.41) is 16.0. The second-order valence-electron chi connectivity index (χ2n) is 6.85. The second-order valence-corrected chi connectivity index (χ2v) is 6.85. The molecule has 0 saturated carbocycles. The molecule has 0 saturated heterocycles. The maximum absolute atomic E-state index is 12.7. The molecule has 30 heavy (non-hydrogen) atoms. The maximum Gasteiger partial charge on any atom is 0.296 e. The van der Waals surface area contributed by atoms with Crippen LogP contribution in [-0.4, -0.2) is 36.5 Å². The molecule has 0 spiro atoms. The summed E-state index contributed by atoms with van der Waals surface area (Å²) in [4.78, 5) is 28.3. The number of anilines is 1. The Morgan fingerprint density at radius 3 is 2.77 bits per heavy atom. The van der Waals surface area contributed by atoms with Crippen molar-refractivity contribution in [2.24, 2.45) is 0 Å². The average molecular weight is 396 g/mol. The molecule has 0 radical (unpaired) electrons. The number of ketones is 1. The van der Waals surface area contributed by atoms with Crippen molar-refractivity contribution in [1.82, 2.24) is 24.8 Å². The van der Waals surface area contributed by atoms with Gasteiger partial charge in [-0.2, -0.15) is 9.61 Å². The molecular formula is C22H16N6O2. The molecule has 0 aliphatic rings. The van der Waals surface area contributed by atoms with Crippen molar-refractivity contribution in [3.05, 3.63) is 78.2 Å². The average Bonchev–Trinajstić information content (AvgIpc) is 3.37. The predicted octanol–water partition coefficient (Wildman–Crippen LogP) is 3.40. The summed E-state index contributed by atoms with van der Waals surface area (Å²) in [5.41, 5.74) is 3.81. The van der Waals surface area contributed by atoms with Crippen molar-refractivity contribution >= 4 is 33.9 Å². The molecule has 5 rings (SSSR count). The molecule has 146 valence electrons. The van der Waals surface area contributed by atoms with E-state index in [4.69, 9.17) is 0 Å². The zero-order chi connectivity index (χ0) is 20.7. The number of nitrogens with one attached hydrogen (secondary N) is 2. The van der Waals surface area contributed by atoms with Crippen LogP contribution < -0.4 is 5.32 Å². The van der Waals surface area contributed by atoms with E-state index in [9.17, 15) is 9.59 Å². The SMILES string of the molecule is Cc1nnc2ccc(-c3cccc(NC(=O)C(=O)c4c[nH]c5ccccc45)c3)nn12. The first-order valence-corrected chi connectivity index (χ1v) is 9.31. The predicted molar refractivity (Wildman–Crippen MR) is 112 cm³/mol. The van der Waals surface area contributed by atoms with E-state index < -0.39 is 11.7 Å². The fraction of sp³-hybridized carbons (Fsp3) is 0.0455. The number of H-pyrrole nitrogens is 1. The van der Waals surface area contributed by atoms with Crippen molar-refractivity contribution < 1.29 is 9.59 Å². The first-order chi connectivity index (χ1) is 14.6. The summed E-state index contributed by atoms with van der Waals surface area (Å²) in [7, 11) is 0. The third-order valence-corrected chi connectivity index (χ3v) is 4.88. The Balaban J connectivity index is 1.41. The Kier molecular flexibility index (Phi) is 4.10. The smallest absolute Gasteiger partial charge is 0.296 e. The molecule has 0 fully saturated rings. The lowest BCUT2D eigenvalue weighted by Gasteiger charge is -2.07. The maximum atomic E-state index is 12.7. The Morgan fingerprint density at radius 1 is 1.00 bits per heavy atom. The Labute approximate surface area is 170 Å². The highest BCUT2D eigenvalue weighted by Crippen LogP contribution is 2.22. The van der Waals surface area contributed by atoms with E-state index in [2.05, 4.69) is 25.6 Å². The highest BCUT2D eigenvalue weighted by Gasteiger charge is 2.20. The number of carbonyl (C=O) groups excluding carboxylic acids is 2. The first-order valence-electron chi connectivity index (χ1n) is 9.31. The third kappa shape index (κ3) is 3.00. The van der Waals surface area contributed by atoms with Gasteiger partial charge in [0.1, 0.15) is 0 Å². The minimum absolute atomic E-state index is 0.342. The summed E-state index contributed by atoms with van der Waals surface area (Å²) >= 11 is 0. The van der Waals surface area contributed by atoms with Crippen molar-refractivity contribution in [2.45, 2.75) is 6.92 Å². The lowest BCUT2D eigenvalue weighted by Crippen LogP contribution is -2.22. The molecule has 0 unspecified atom stereocenters. The number of aromatic nitrogens is 5. The number of Topliss-reactive ketones (excluding diaryl/α,β-unsaturated/α-hetero) is 1. The fourth-order valence-electron chi connectivity index (χ4n) is 3.38. The Morgan fingerprint density at radius 2 is 1.87 bits per heavy atom. The molecular weight excluding hydrogens is 380 g/mol. The summed E-state index contributed by atoms with van der Waals surface area (Å²) in [6, 6.07) is 18.2. The molecule has 0 atom stereocenters. The van der Waals surface area contributed by atoms with Crippen molar-refractivity contribution in [3.8, 4) is 11.3 Å². The monoisotopic (exact) mass is 396 g/mol. The van der Waals surface area contributed by atoms with Crippen LogP contribution in [0.25, 0.3) is 27.8 Å². The number of aryl methyl sites for hydroxylation is 1. The number of rotatable bonds is 4. The number of hydrogen-bond donors (Lipinski definition) is 2. The molecule has 8 nitrogen and oxygen atoms in total. The van der Waals surface area contributed by atoms with Gasteiger partial charge in [-0.15, -0.1) is 10.2 Å². The quantitative estimate of drug-likeness (QED) is 0.358. The minimum atomic E-state index is -0.699. The third-order valence-electron chi connectivity index (χ3n) is 4.88. The number of aromatic amines is 1. The zero-order valence-electron chi connectivity index (χ0n) is 16.0. The van der Waals surface area contributed by atoms with Crippen molar-refractivity contribution in [1.29, 1.82) is 0 Å². The van der Waals surface area contributed by atoms with Crippen LogP contribution in [-0.2, 0) is 4.79 Å². The standard InChI is InChI=1S/C22H16N6O2/c1-13-25-26-20-10-9-18(27-28(13)20)14-5-4-6-15(11-14)24-22(30)21(29)17-12-23-19-8-3-2-7-16(17)19/h2-12,23H,1H3,(H,24,30). The van der Waals surface area contributed by atoms with Crippen LogP contribution in [0.2, 0.25) is 0 Å². The van der Waals surface area contributed by atoms with E-state index >= 15 is 0 Å². The number of para-hydroxylation sites is 1. The summed E-state index contributed by atoms with van der Waals surface area (Å²) in [6.07, 6.45) is 1.56. The lowest BCUT2D eigenvalue weighted by molar-refractivity contribution is -0.112. The van der Waals surface area contributed by atoms with Crippen LogP contribution in [0.3, 0.4) is 0 Å². The topological polar surface area (TPSA) is 105 Å². The number of fused-ring (bicyclic) bond motifs is 2. The molecule has 1 amide bonds. The Hall–Kier alpha value is -4.33. The van der Waals surface area contributed by atoms with Gasteiger partial charge in [0.05, 0.1) is 11.3 Å². The number of hydrogen-bond acceptors (Lipinski definition) is 5. The number of amides is 1. The number of carbonyl (C=O) groups is 2. The second kappa shape index (κ2) is 6.93. The number of benzene rings is 2. The van der Waals surface area contributed by atoms with E-state index in [1.54, 1.807) is 28.9 Å². The molecule has 2 aromatic carbocycles. The van der Waals surface area contributed by atoms with Crippen LogP contribution in [0.5, 0.6) is 0 Å². The zero-order valence-corrected chi connectivity index (χ0v) is 16.0. The van der Waals surface area contributed by atoms with Gasteiger partial charge in [0.2, 0.25) is 0 Å². The van der Waals surface area contributed by atoms with Crippen LogP contribution in [0.15, 0.2) is 66.9 Å². The van der Waals surface area contributed by atoms with Gasteiger partial charge in [0.25, 0.3) is 11.7 Å². The van der Waals surface area contributed by atoms with Crippen LogP contribution in [0.4, 0.5) is 5.69 Å². The van der Waals surface area contributed by atoms with Gasteiger partial charge in [0, 0.05) is 28.4 Å². The van der Waals surface area contributed by atoms with E-state index in [-0.39, 0.29) is 0 Å². The van der Waals surface area contributed by atoms with Gasteiger partial charge in [-0.3, -0.25) is 9.59 Å². The molecule has 0 bridgehead atoms. The van der Waals surface area contributed by atoms with E-state index in [0.717, 1.165) is 11.1 Å². The van der Waals surface area contributed by atoms with Gasteiger partial charge in [-0.1, -0.05) is 30.3 Å². The highest BCUT2D eigenvalue weighted by atomic mass is 16.2. The van der Waals surface area contributed by atoms with E-state index in [1.807, 2.05) is 49.4 Å². The fourth-order valence-corrected chi connectivity index (χ4v) is 3.38. The molecule has 0 aliphatic heterocycles. The molecule has 3 heterocycles. The van der Waals surface area contributed by atoms with Gasteiger partial charge in [-0.25, -0.2) is 0 Å². The van der Waals surface area contributed by atoms with Gasteiger partial charge in [-0.05, 0) is 37.3 Å².